The van der Waals surface area contributed by atoms with Crippen LogP contribution >= 0.6 is 15.9 Å². The topological polar surface area (TPSA) is 78.4 Å². The number of urea groups is 1. The van der Waals surface area contributed by atoms with Gasteiger partial charge in [-0.1, -0.05) is 29.8 Å². The van der Waals surface area contributed by atoms with Crippen molar-refractivity contribution in [1.29, 1.82) is 0 Å². The van der Waals surface area contributed by atoms with Gasteiger partial charge in [-0.3, -0.25) is 0 Å². The van der Waals surface area contributed by atoms with E-state index in [-0.39, 0.29) is 23.1 Å². The molecule has 0 aromatic heterocycles. The van der Waals surface area contributed by atoms with Crippen LogP contribution in [0.1, 0.15) is 43.5 Å². The van der Waals surface area contributed by atoms with E-state index in [0.717, 1.165) is 19.3 Å². The fourth-order valence-electron chi connectivity index (χ4n) is 2.70. The second kappa shape index (κ2) is 6.05. The van der Waals surface area contributed by atoms with Crippen molar-refractivity contribution in [1.82, 2.24) is 5.32 Å². The first-order chi connectivity index (χ1) is 9.75. The Morgan fingerprint density at radius 1 is 1.33 bits per heavy atom. The summed E-state index contributed by atoms with van der Waals surface area (Å²) >= 11 is 3.24. The zero-order valence-corrected chi connectivity index (χ0v) is 13.7. The van der Waals surface area contributed by atoms with Crippen LogP contribution in [0, 0.1) is 5.41 Å². The average Bonchev–Trinajstić information content (AvgIpc) is 2.67. The van der Waals surface area contributed by atoms with Crippen molar-refractivity contribution in [2.24, 2.45) is 5.41 Å². The van der Waals surface area contributed by atoms with E-state index in [2.05, 4.69) is 40.4 Å². The summed E-state index contributed by atoms with van der Waals surface area (Å²) in [4.78, 5) is 23.0. The lowest BCUT2D eigenvalue weighted by molar-refractivity contribution is 0.0696. The maximum absolute atomic E-state index is 12.0. The molecular formula is C15H19BrN2O3. The Kier molecular flexibility index (Phi) is 4.56. The molecule has 5 nitrogen and oxygen atoms in total. The third-order valence-electron chi connectivity index (χ3n) is 3.71. The molecule has 0 heterocycles. The van der Waals surface area contributed by atoms with Gasteiger partial charge in [0.05, 0.1) is 5.56 Å². The Morgan fingerprint density at radius 2 is 2.05 bits per heavy atom. The second-order valence-corrected chi connectivity index (χ2v) is 7.15. The number of nitrogens with one attached hydrogen (secondary N) is 2. The van der Waals surface area contributed by atoms with Gasteiger partial charge < -0.3 is 15.7 Å². The summed E-state index contributed by atoms with van der Waals surface area (Å²) in [6.07, 6.45) is 3.02. The number of halogens is 1. The number of hydrogen-bond donors (Lipinski definition) is 3. The van der Waals surface area contributed by atoms with Crippen molar-refractivity contribution in [3.05, 3.63) is 28.2 Å². The standard InChI is InChI=1S/C15H19BrN2O3/c1-15(2)4-3-11(8-15)17-14(21)18-12-6-9(13(19)20)5-10(16)7-12/h5-7,11H,3-4,8H2,1-2H3,(H,19,20)(H2,17,18,21). The molecule has 2 amide bonds. The molecule has 1 aliphatic rings. The lowest BCUT2D eigenvalue weighted by Gasteiger charge is -2.18. The summed E-state index contributed by atoms with van der Waals surface area (Å²) < 4.78 is 0.611. The lowest BCUT2D eigenvalue weighted by atomic mass is 9.92. The van der Waals surface area contributed by atoms with E-state index in [1.54, 1.807) is 6.07 Å². The van der Waals surface area contributed by atoms with Crippen LogP contribution in [0.4, 0.5) is 10.5 Å². The van der Waals surface area contributed by atoms with Crippen LogP contribution in [0.5, 0.6) is 0 Å². The van der Waals surface area contributed by atoms with Crippen LogP contribution in [0.2, 0.25) is 0 Å². The van der Waals surface area contributed by atoms with Crippen LogP contribution in [0.15, 0.2) is 22.7 Å². The molecule has 1 saturated carbocycles. The Bertz CT molecular complexity index is 572. The number of amides is 2. The molecule has 0 spiro atoms. The quantitative estimate of drug-likeness (QED) is 0.771. The zero-order valence-electron chi connectivity index (χ0n) is 12.1. The summed E-state index contributed by atoms with van der Waals surface area (Å²) in [5.74, 6) is -1.03. The molecule has 0 saturated heterocycles. The summed E-state index contributed by atoms with van der Waals surface area (Å²) in [5.41, 5.74) is 0.850. The first-order valence-electron chi connectivity index (χ1n) is 6.87. The molecule has 0 radical (unpaired) electrons. The monoisotopic (exact) mass is 354 g/mol. The number of carboxylic acids is 1. The predicted molar refractivity (Wildman–Crippen MR) is 84.7 cm³/mol. The summed E-state index contributed by atoms with van der Waals surface area (Å²) in [6, 6.07) is 4.47. The van der Waals surface area contributed by atoms with Crippen molar-refractivity contribution < 1.29 is 14.7 Å². The van der Waals surface area contributed by atoms with Crippen LogP contribution in [0.3, 0.4) is 0 Å². The van der Waals surface area contributed by atoms with Gasteiger partial charge >= 0.3 is 12.0 Å². The maximum atomic E-state index is 12.0. The van der Waals surface area contributed by atoms with E-state index in [1.165, 1.54) is 12.1 Å². The summed E-state index contributed by atoms with van der Waals surface area (Å²) in [5, 5.41) is 14.6. The molecule has 1 aromatic carbocycles. The Balaban J connectivity index is 1.98. The zero-order chi connectivity index (χ0) is 15.6. The second-order valence-electron chi connectivity index (χ2n) is 6.24. The van der Waals surface area contributed by atoms with Gasteiger partial charge in [-0.15, -0.1) is 0 Å². The fraction of sp³-hybridized carbons (Fsp3) is 0.467. The molecule has 114 valence electrons. The van der Waals surface area contributed by atoms with Gasteiger partial charge in [-0.2, -0.15) is 0 Å². The number of hydrogen-bond acceptors (Lipinski definition) is 2. The fourth-order valence-corrected chi connectivity index (χ4v) is 3.19. The van der Waals surface area contributed by atoms with E-state index in [9.17, 15) is 9.59 Å². The third kappa shape index (κ3) is 4.46. The van der Waals surface area contributed by atoms with Crippen molar-refractivity contribution >= 4 is 33.6 Å². The molecule has 0 aliphatic heterocycles. The van der Waals surface area contributed by atoms with Crippen LogP contribution in [-0.4, -0.2) is 23.1 Å². The molecule has 1 aromatic rings. The number of anilines is 1. The molecule has 6 heteroatoms. The molecule has 1 aliphatic carbocycles. The maximum Gasteiger partial charge on any atom is 0.335 e. The first kappa shape index (κ1) is 15.8. The summed E-state index contributed by atoms with van der Waals surface area (Å²) in [7, 11) is 0. The van der Waals surface area contributed by atoms with Crippen molar-refractivity contribution in [2.45, 2.75) is 39.2 Å². The van der Waals surface area contributed by atoms with E-state index in [1.807, 2.05) is 0 Å². The highest BCUT2D eigenvalue weighted by Crippen LogP contribution is 2.36. The normalized spacial score (nSPS) is 20.0. The van der Waals surface area contributed by atoms with Gasteiger partial charge in [-0.25, -0.2) is 9.59 Å². The first-order valence-corrected chi connectivity index (χ1v) is 7.66. The number of carbonyl (C=O) groups excluding carboxylic acids is 1. The van der Waals surface area contributed by atoms with E-state index in [4.69, 9.17) is 5.11 Å². The van der Waals surface area contributed by atoms with Crippen LogP contribution in [-0.2, 0) is 0 Å². The highest BCUT2D eigenvalue weighted by atomic mass is 79.9. The molecule has 2 rings (SSSR count). The number of carboxylic acid groups (broad SMARTS) is 1. The van der Waals surface area contributed by atoms with E-state index in [0.29, 0.717) is 10.2 Å². The largest absolute Gasteiger partial charge is 0.478 e. The Morgan fingerprint density at radius 3 is 2.62 bits per heavy atom. The lowest BCUT2D eigenvalue weighted by Crippen LogP contribution is -2.36. The highest BCUT2D eigenvalue weighted by molar-refractivity contribution is 9.10. The minimum absolute atomic E-state index is 0.127. The smallest absolute Gasteiger partial charge is 0.335 e. The van der Waals surface area contributed by atoms with Gasteiger partial charge in [0.25, 0.3) is 0 Å². The summed E-state index contributed by atoms with van der Waals surface area (Å²) in [6.45, 7) is 4.39. The Hall–Kier alpha value is -1.56. The van der Waals surface area contributed by atoms with Gasteiger partial charge in [0.1, 0.15) is 0 Å². The number of aromatic carboxylic acids is 1. The van der Waals surface area contributed by atoms with Crippen LogP contribution < -0.4 is 10.6 Å². The third-order valence-corrected chi connectivity index (χ3v) is 4.16. The number of rotatable bonds is 3. The SMILES string of the molecule is CC1(C)CCC(NC(=O)Nc2cc(Br)cc(C(=O)O)c2)C1. The van der Waals surface area contributed by atoms with Gasteiger partial charge in [0, 0.05) is 16.2 Å². The molecule has 1 atom stereocenters. The minimum Gasteiger partial charge on any atom is -0.478 e. The molecule has 21 heavy (non-hydrogen) atoms. The van der Waals surface area contributed by atoms with Crippen molar-refractivity contribution in [3.63, 3.8) is 0 Å². The molecule has 3 N–H and O–H groups in total. The van der Waals surface area contributed by atoms with Gasteiger partial charge in [0.2, 0.25) is 0 Å². The van der Waals surface area contributed by atoms with E-state index >= 15 is 0 Å². The number of carbonyl (C=O) groups is 2. The van der Waals surface area contributed by atoms with Gasteiger partial charge in [0.15, 0.2) is 0 Å². The van der Waals surface area contributed by atoms with Crippen molar-refractivity contribution in [2.75, 3.05) is 5.32 Å². The van der Waals surface area contributed by atoms with E-state index < -0.39 is 5.97 Å². The highest BCUT2D eigenvalue weighted by Gasteiger charge is 2.31. The predicted octanol–water partition coefficient (Wildman–Crippen LogP) is 3.85. The Labute approximate surface area is 132 Å². The number of benzene rings is 1. The molecule has 0 bridgehead atoms. The molecule has 1 unspecified atom stereocenters. The average molecular weight is 355 g/mol. The minimum atomic E-state index is -1.03. The molecule has 1 fully saturated rings. The van der Waals surface area contributed by atoms with Crippen LogP contribution in [0.25, 0.3) is 0 Å². The van der Waals surface area contributed by atoms with Crippen molar-refractivity contribution in [3.8, 4) is 0 Å². The molecular weight excluding hydrogens is 336 g/mol. The van der Waals surface area contributed by atoms with Gasteiger partial charge in [-0.05, 0) is 42.9 Å².